The Morgan fingerprint density at radius 2 is 2.05 bits per heavy atom. The number of methoxy groups -OCH3 is 2. The van der Waals surface area contributed by atoms with Crippen LogP contribution in [-0.4, -0.2) is 40.8 Å². The lowest BCUT2D eigenvalue weighted by Crippen LogP contribution is -2.14. The van der Waals surface area contributed by atoms with E-state index in [1.807, 2.05) is 0 Å². The smallest absolute Gasteiger partial charge is 0.297 e. The van der Waals surface area contributed by atoms with E-state index in [1.165, 1.54) is 20.3 Å². The highest BCUT2D eigenvalue weighted by Crippen LogP contribution is 2.35. The summed E-state index contributed by atoms with van der Waals surface area (Å²) in [6, 6.07) is 3.07. The lowest BCUT2D eigenvalue weighted by molar-refractivity contribution is 0.101. The number of nitrogens with zero attached hydrogens (tertiary/aromatic N) is 3. The molecule has 1 heterocycles. The second-order valence-corrected chi connectivity index (χ2v) is 3.78. The molecule has 0 aliphatic heterocycles. The van der Waals surface area contributed by atoms with Crippen molar-refractivity contribution in [3.05, 3.63) is 23.0 Å². The fraction of sp³-hybridized carbons (Fsp3) is 0.200. The first-order valence-corrected chi connectivity index (χ1v) is 5.49. The molecule has 0 saturated carbocycles. The summed E-state index contributed by atoms with van der Waals surface area (Å²) in [5.41, 5.74) is 0.378. The number of halogens is 1. The summed E-state index contributed by atoms with van der Waals surface area (Å²) in [6.45, 7) is 0. The monoisotopic (exact) mass is 283 g/mol. The highest BCUT2D eigenvalue weighted by molar-refractivity contribution is 6.32. The number of carbonyl (C=O) groups is 1. The maximum Gasteiger partial charge on any atom is 0.297 e. The van der Waals surface area contributed by atoms with Gasteiger partial charge < -0.3 is 14.8 Å². The molecule has 0 saturated heterocycles. The highest BCUT2D eigenvalue weighted by atomic mass is 35.5. The van der Waals surface area contributed by atoms with Gasteiger partial charge in [0.25, 0.3) is 11.7 Å². The van der Waals surface area contributed by atoms with Gasteiger partial charge in [-0.25, -0.2) is 0 Å². The minimum absolute atomic E-state index is 0.0889. The van der Waals surface area contributed by atoms with Gasteiger partial charge in [-0.05, 0) is 11.3 Å². The third-order valence-corrected chi connectivity index (χ3v) is 2.57. The van der Waals surface area contributed by atoms with Crippen LogP contribution in [0.25, 0.3) is 0 Å². The number of hydrogen-bond donors (Lipinski definition) is 2. The minimum Gasteiger partial charge on any atom is -0.495 e. The normalized spacial score (nSPS) is 10.1. The van der Waals surface area contributed by atoms with Gasteiger partial charge in [0.05, 0.1) is 24.9 Å². The van der Waals surface area contributed by atoms with Crippen LogP contribution in [0.1, 0.15) is 10.6 Å². The summed E-state index contributed by atoms with van der Waals surface area (Å²) < 4.78 is 10.2. The molecule has 19 heavy (non-hydrogen) atoms. The van der Waals surface area contributed by atoms with Crippen LogP contribution in [0, 0.1) is 0 Å². The van der Waals surface area contributed by atoms with E-state index in [9.17, 15) is 4.79 Å². The Labute approximate surface area is 113 Å². The standard InChI is InChI=1S/C10H10ClN5O3/c1-18-7-4-8(19-2)6(3-5(7)11)12-10(17)9-13-15-16-14-9/h3-4H,1-2H3,(H,12,17)(H,13,14,15,16). The van der Waals surface area contributed by atoms with Crippen LogP contribution in [0.3, 0.4) is 0 Å². The molecule has 8 nitrogen and oxygen atoms in total. The maximum absolute atomic E-state index is 11.8. The molecule has 9 heteroatoms. The molecule has 100 valence electrons. The number of aromatic nitrogens is 4. The molecular weight excluding hydrogens is 274 g/mol. The second-order valence-electron chi connectivity index (χ2n) is 3.38. The van der Waals surface area contributed by atoms with Crippen LogP contribution in [0.15, 0.2) is 12.1 Å². The molecule has 0 aliphatic rings. The predicted molar refractivity (Wildman–Crippen MR) is 66.7 cm³/mol. The molecule has 2 aromatic rings. The van der Waals surface area contributed by atoms with E-state index in [4.69, 9.17) is 21.1 Å². The van der Waals surface area contributed by atoms with E-state index >= 15 is 0 Å². The number of nitrogens with one attached hydrogen (secondary N) is 2. The van der Waals surface area contributed by atoms with Gasteiger partial charge in [0.15, 0.2) is 0 Å². The number of hydrogen-bond acceptors (Lipinski definition) is 6. The number of amides is 1. The quantitative estimate of drug-likeness (QED) is 0.872. The van der Waals surface area contributed by atoms with Gasteiger partial charge in [-0.2, -0.15) is 5.21 Å². The number of ether oxygens (including phenoxy) is 2. The molecule has 0 atom stereocenters. The minimum atomic E-state index is -0.534. The highest BCUT2D eigenvalue weighted by Gasteiger charge is 2.16. The molecule has 0 bridgehead atoms. The fourth-order valence-electron chi connectivity index (χ4n) is 1.39. The van der Waals surface area contributed by atoms with E-state index in [0.29, 0.717) is 22.2 Å². The summed E-state index contributed by atoms with van der Waals surface area (Å²) >= 11 is 5.99. The summed E-state index contributed by atoms with van der Waals surface area (Å²) in [5.74, 6) is 0.219. The SMILES string of the molecule is COc1cc(OC)c(NC(=O)c2nn[nH]n2)cc1Cl. The molecule has 1 aromatic heterocycles. The third-order valence-electron chi connectivity index (χ3n) is 2.27. The van der Waals surface area contributed by atoms with Gasteiger partial charge in [0.2, 0.25) is 0 Å². The number of anilines is 1. The summed E-state index contributed by atoms with van der Waals surface area (Å²) in [5, 5.41) is 15.5. The molecule has 2 N–H and O–H groups in total. The first kappa shape index (κ1) is 13.1. The molecule has 0 aliphatic carbocycles. The number of aromatic amines is 1. The fourth-order valence-corrected chi connectivity index (χ4v) is 1.63. The lowest BCUT2D eigenvalue weighted by atomic mass is 10.2. The van der Waals surface area contributed by atoms with Crippen molar-refractivity contribution >= 4 is 23.2 Å². The molecular formula is C10H10ClN5O3. The number of rotatable bonds is 4. The average molecular weight is 284 g/mol. The first-order valence-electron chi connectivity index (χ1n) is 5.12. The molecule has 0 unspecified atom stereocenters. The molecule has 0 spiro atoms. The van der Waals surface area contributed by atoms with Crippen LogP contribution in [0.4, 0.5) is 5.69 Å². The van der Waals surface area contributed by atoms with Crippen molar-refractivity contribution in [2.75, 3.05) is 19.5 Å². The van der Waals surface area contributed by atoms with E-state index in [2.05, 4.69) is 25.9 Å². The van der Waals surface area contributed by atoms with Crippen molar-refractivity contribution in [1.29, 1.82) is 0 Å². The Balaban J connectivity index is 2.29. The maximum atomic E-state index is 11.8. The largest absolute Gasteiger partial charge is 0.495 e. The van der Waals surface area contributed by atoms with Crippen molar-refractivity contribution in [1.82, 2.24) is 20.6 Å². The lowest BCUT2D eigenvalue weighted by Gasteiger charge is -2.12. The van der Waals surface area contributed by atoms with Crippen LogP contribution in [0.5, 0.6) is 11.5 Å². The van der Waals surface area contributed by atoms with Crippen LogP contribution < -0.4 is 14.8 Å². The van der Waals surface area contributed by atoms with Gasteiger partial charge in [-0.15, -0.1) is 10.2 Å². The zero-order chi connectivity index (χ0) is 13.8. The number of tetrazole rings is 1. The zero-order valence-electron chi connectivity index (χ0n) is 10.1. The zero-order valence-corrected chi connectivity index (χ0v) is 10.9. The van der Waals surface area contributed by atoms with Gasteiger partial charge in [-0.1, -0.05) is 11.6 Å². The van der Waals surface area contributed by atoms with Gasteiger partial charge in [0.1, 0.15) is 11.5 Å². The van der Waals surface area contributed by atoms with E-state index in [-0.39, 0.29) is 5.82 Å². The van der Waals surface area contributed by atoms with E-state index in [1.54, 1.807) is 6.07 Å². The van der Waals surface area contributed by atoms with Crippen molar-refractivity contribution in [2.24, 2.45) is 0 Å². The molecule has 0 fully saturated rings. The number of benzene rings is 1. The van der Waals surface area contributed by atoms with Gasteiger partial charge in [-0.3, -0.25) is 4.79 Å². The Kier molecular flexibility index (Phi) is 3.81. The Morgan fingerprint density at radius 3 is 2.63 bits per heavy atom. The van der Waals surface area contributed by atoms with Crippen molar-refractivity contribution in [3.63, 3.8) is 0 Å². The predicted octanol–water partition coefficient (Wildman–Crippen LogP) is 1.12. The topological polar surface area (TPSA) is 102 Å². The summed E-state index contributed by atoms with van der Waals surface area (Å²) in [7, 11) is 2.95. The van der Waals surface area contributed by atoms with Crippen LogP contribution in [0.2, 0.25) is 5.02 Å². The van der Waals surface area contributed by atoms with Gasteiger partial charge >= 0.3 is 0 Å². The van der Waals surface area contributed by atoms with Crippen molar-refractivity contribution in [2.45, 2.75) is 0 Å². The molecule has 1 aromatic carbocycles. The summed E-state index contributed by atoms with van der Waals surface area (Å²) in [4.78, 5) is 11.8. The van der Waals surface area contributed by atoms with Crippen molar-refractivity contribution < 1.29 is 14.3 Å². The van der Waals surface area contributed by atoms with E-state index in [0.717, 1.165) is 0 Å². The summed E-state index contributed by atoms with van der Waals surface area (Å²) in [6.07, 6.45) is 0. The Bertz CT molecular complexity index is 587. The van der Waals surface area contributed by atoms with Crippen LogP contribution >= 0.6 is 11.6 Å². The molecule has 1 amide bonds. The van der Waals surface area contributed by atoms with Gasteiger partial charge in [0, 0.05) is 6.07 Å². The Morgan fingerprint density at radius 1 is 1.32 bits per heavy atom. The van der Waals surface area contributed by atoms with Crippen molar-refractivity contribution in [3.8, 4) is 11.5 Å². The third kappa shape index (κ3) is 2.74. The second kappa shape index (κ2) is 5.53. The number of H-pyrrole nitrogens is 1. The number of carbonyl (C=O) groups excluding carboxylic acids is 1. The Hall–Kier alpha value is -2.35. The average Bonchev–Trinajstić information content (AvgIpc) is 2.93. The van der Waals surface area contributed by atoms with E-state index < -0.39 is 5.91 Å². The first-order chi connectivity index (χ1) is 9.15. The molecule has 2 rings (SSSR count). The molecule has 0 radical (unpaired) electrons. The van der Waals surface area contributed by atoms with Crippen LogP contribution in [-0.2, 0) is 0 Å².